The van der Waals surface area contributed by atoms with Crippen LogP contribution in [0.25, 0.3) is 0 Å². The van der Waals surface area contributed by atoms with Gasteiger partial charge in [0.05, 0.1) is 6.20 Å². The SMILES string of the molecule is CC(C)Sc1nc(Cl)ncc1F. The molecule has 0 radical (unpaired) electrons. The molecule has 0 saturated carbocycles. The van der Waals surface area contributed by atoms with E-state index in [1.165, 1.54) is 11.8 Å². The number of halogens is 2. The molecule has 0 aromatic carbocycles. The monoisotopic (exact) mass is 206 g/mol. The zero-order chi connectivity index (χ0) is 9.14. The third-order valence-corrected chi connectivity index (χ3v) is 2.19. The van der Waals surface area contributed by atoms with Gasteiger partial charge in [-0.15, -0.1) is 11.8 Å². The molecule has 0 fully saturated rings. The molecule has 0 aliphatic heterocycles. The van der Waals surface area contributed by atoms with Crippen molar-refractivity contribution in [2.24, 2.45) is 0 Å². The molecule has 0 saturated heterocycles. The van der Waals surface area contributed by atoms with Crippen LogP contribution in [-0.2, 0) is 0 Å². The Morgan fingerprint density at radius 3 is 2.83 bits per heavy atom. The number of aromatic nitrogens is 2. The largest absolute Gasteiger partial charge is 0.223 e. The Kier molecular flexibility index (Phi) is 3.29. The molecule has 0 unspecified atom stereocenters. The molecule has 1 aromatic rings. The second-order valence-electron chi connectivity index (χ2n) is 2.46. The highest BCUT2D eigenvalue weighted by atomic mass is 35.5. The highest BCUT2D eigenvalue weighted by molar-refractivity contribution is 7.99. The Balaban J connectivity index is 2.90. The molecule has 66 valence electrons. The van der Waals surface area contributed by atoms with Crippen molar-refractivity contribution >= 4 is 23.4 Å². The van der Waals surface area contributed by atoms with E-state index in [0.717, 1.165) is 6.20 Å². The summed E-state index contributed by atoms with van der Waals surface area (Å²) in [6.07, 6.45) is 1.08. The van der Waals surface area contributed by atoms with E-state index in [0.29, 0.717) is 5.03 Å². The molecule has 0 amide bonds. The number of rotatable bonds is 2. The van der Waals surface area contributed by atoms with Gasteiger partial charge in [-0.25, -0.2) is 14.4 Å². The molecule has 0 aliphatic rings. The zero-order valence-corrected chi connectivity index (χ0v) is 8.29. The van der Waals surface area contributed by atoms with E-state index in [1.807, 2.05) is 13.8 Å². The molecule has 0 N–H and O–H groups in total. The van der Waals surface area contributed by atoms with Crippen molar-refractivity contribution in [3.05, 3.63) is 17.3 Å². The smallest absolute Gasteiger partial charge is 0.223 e. The van der Waals surface area contributed by atoms with Crippen LogP contribution < -0.4 is 0 Å². The van der Waals surface area contributed by atoms with Gasteiger partial charge in [-0.3, -0.25) is 0 Å². The Bertz CT molecular complexity index is 280. The van der Waals surface area contributed by atoms with Crippen molar-refractivity contribution in [1.29, 1.82) is 0 Å². The average Bonchev–Trinajstić information content (AvgIpc) is 1.96. The maximum Gasteiger partial charge on any atom is 0.223 e. The first-order valence-corrected chi connectivity index (χ1v) is 4.70. The summed E-state index contributed by atoms with van der Waals surface area (Å²) in [5.74, 6) is -0.418. The molecule has 0 atom stereocenters. The highest BCUT2D eigenvalue weighted by Gasteiger charge is 2.07. The molecule has 2 nitrogen and oxygen atoms in total. The number of nitrogens with zero attached hydrogens (tertiary/aromatic N) is 2. The third-order valence-electron chi connectivity index (χ3n) is 1.03. The lowest BCUT2D eigenvalue weighted by atomic mass is 10.6. The lowest BCUT2D eigenvalue weighted by molar-refractivity contribution is 0.578. The van der Waals surface area contributed by atoms with Gasteiger partial charge < -0.3 is 0 Å². The van der Waals surface area contributed by atoms with Gasteiger partial charge in [-0.2, -0.15) is 0 Å². The predicted octanol–water partition coefficient (Wildman–Crippen LogP) is 2.77. The fourth-order valence-electron chi connectivity index (χ4n) is 0.637. The van der Waals surface area contributed by atoms with Crippen LogP contribution in [0, 0.1) is 5.82 Å². The van der Waals surface area contributed by atoms with Gasteiger partial charge in [-0.05, 0) is 11.6 Å². The highest BCUT2D eigenvalue weighted by Crippen LogP contribution is 2.23. The summed E-state index contributed by atoms with van der Waals surface area (Å²) < 4.78 is 12.9. The number of hydrogen-bond acceptors (Lipinski definition) is 3. The van der Waals surface area contributed by atoms with Crippen LogP contribution in [0.5, 0.6) is 0 Å². The van der Waals surface area contributed by atoms with Crippen LogP contribution in [0.15, 0.2) is 11.2 Å². The average molecular weight is 207 g/mol. The molecular formula is C7H8ClFN2S. The van der Waals surface area contributed by atoms with Gasteiger partial charge >= 0.3 is 0 Å². The normalized spacial score (nSPS) is 10.8. The Morgan fingerprint density at radius 2 is 2.25 bits per heavy atom. The summed E-state index contributed by atoms with van der Waals surface area (Å²) in [5, 5.41) is 0.676. The van der Waals surface area contributed by atoms with Gasteiger partial charge in [0.2, 0.25) is 5.28 Å². The zero-order valence-electron chi connectivity index (χ0n) is 6.71. The lowest BCUT2D eigenvalue weighted by Crippen LogP contribution is -1.94. The summed E-state index contributed by atoms with van der Waals surface area (Å²) >= 11 is 6.83. The van der Waals surface area contributed by atoms with Crippen LogP contribution in [0.1, 0.15) is 13.8 Å². The quantitative estimate of drug-likeness (QED) is 0.423. The Morgan fingerprint density at radius 1 is 1.58 bits per heavy atom. The van der Waals surface area contributed by atoms with Gasteiger partial charge in [0, 0.05) is 5.25 Å². The van der Waals surface area contributed by atoms with Crippen LogP contribution in [0.2, 0.25) is 5.28 Å². The standard InChI is InChI=1S/C7H8ClFN2S/c1-4(2)12-6-5(9)3-10-7(8)11-6/h3-4H,1-2H3. The second kappa shape index (κ2) is 4.05. The van der Waals surface area contributed by atoms with Crippen molar-refractivity contribution in [3.8, 4) is 0 Å². The summed E-state index contributed by atoms with van der Waals surface area (Å²) in [6, 6.07) is 0. The van der Waals surface area contributed by atoms with Crippen LogP contribution in [0.4, 0.5) is 4.39 Å². The molecule has 0 aliphatic carbocycles. The van der Waals surface area contributed by atoms with E-state index in [9.17, 15) is 4.39 Å². The minimum Gasteiger partial charge on any atom is -0.223 e. The summed E-state index contributed by atoms with van der Waals surface area (Å²) in [4.78, 5) is 7.27. The van der Waals surface area contributed by atoms with Crippen LogP contribution >= 0.6 is 23.4 Å². The van der Waals surface area contributed by atoms with E-state index in [1.54, 1.807) is 0 Å². The predicted molar refractivity (Wildman–Crippen MR) is 48.0 cm³/mol. The molecule has 12 heavy (non-hydrogen) atoms. The minimum absolute atomic E-state index is 0.0829. The number of hydrogen-bond donors (Lipinski definition) is 0. The van der Waals surface area contributed by atoms with Crippen LogP contribution in [-0.4, -0.2) is 15.2 Å². The van der Waals surface area contributed by atoms with Crippen molar-refractivity contribution in [3.63, 3.8) is 0 Å². The molecule has 5 heteroatoms. The molecule has 0 bridgehead atoms. The van der Waals surface area contributed by atoms with Crippen molar-refractivity contribution < 1.29 is 4.39 Å². The van der Waals surface area contributed by atoms with Gasteiger partial charge in [0.1, 0.15) is 5.03 Å². The first-order valence-electron chi connectivity index (χ1n) is 3.44. The molecule has 1 heterocycles. The Hall–Kier alpha value is -0.350. The van der Waals surface area contributed by atoms with Crippen molar-refractivity contribution in [1.82, 2.24) is 9.97 Å². The Labute approximate surface area is 79.6 Å². The maximum atomic E-state index is 12.9. The summed E-state index contributed by atoms with van der Waals surface area (Å²) in [6.45, 7) is 3.92. The molecule has 1 aromatic heterocycles. The minimum atomic E-state index is -0.418. The van der Waals surface area contributed by atoms with Gasteiger partial charge in [-0.1, -0.05) is 13.8 Å². The van der Waals surface area contributed by atoms with E-state index >= 15 is 0 Å². The fourth-order valence-corrected chi connectivity index (χ4v) is 1.57. The maximum absolute atomic E-state index is 12.9. The first-order chi connectivity index (χ1) is 5.59. The first kappa shape index (κ1) is 9.74. The summed E-state index contributed by atoms with van der Waals surface area (Å²) in [5.41, 5.74) is 0. The third kappa shape index (κ3) is 2.60. The van der Waals surface area contributed by atoms with E-state index in [4.69, 9.17) is 11.6 Å². The molecule has 0 spiro atoms. The topological polar surface area (TPSA) is 25.8 Å². The lowest BCUT2D eigenvalue weighted by Gasteiger charge is -2.03. The second-order valence-corrected chi connectivity index (χ2v) is 4.36. The van der Waals surface area contributed by atoms with Gasteiger partial charge in [0.15, 0.2) is 5.82 Å². The fraction of sp³-hybridized carbons (Fsp3) is 0.429. The van der Waals surface area contributed by atoms with E-state index in [2.05, 4.69) is 9.97 Å². The number of thioether (sulfide) groups is 1. The van der Waals surface area contributed by atoms with E-state index in [-0.39, 0.29) is 10.5 Å². The van der Waals surface area contributed by atoms with Crippen molar-refractivity contribution in [2.45, 2.75) is 24.1 Å². The molecular weight excluding hydrogens is 199 g/mol. The van der Waals surface area contributed by atoms with Gasteiger partial charge in [0.25, 0.3) is 0 Å². The summed E-state index contributed by atoms with van der Waals surface area (Å²) in [7, 11) is 0. The van der Waals surface area contributed by atoms with Crippen molar-refractivity contribution in [2.75, 3.05) is 0 Å². The van der Waals surface area contributed by atoms with E-state index < -0.39 is 5.82 Å². The van der Waals surface area contributed by atoms with Crippen LogP contribution in [0.3, 0.4) is 0 Å². The molecule has 1 rings (SSSR count).